The Morgan fingerprint density at radius 2 is 2.15 bits per heavy atom. The minimum atomic E-state index is -1.13. The van der Waals surface area contributed by atoms with Crippen LogP contribution in [0.1, 0.15) is 37.7 Å². The SMILES string of the molecule is CC(C)(C)C(N)CC(=O)NCCn1cc(C(=O)O)nn1. The van der Waals surface area contributed by atoms with E-state index < -0.39 is 5.97 Å². The molecule has 1 aromatic rings. The van der Waals surface area contributed by atoms with Gasteiger partial charge in [-0.3, -0.25) is 4.79 Å². The number of amides is 1. The molecule has 8 nitrogen and oxygen atoms in total. The molecular formula is C12H21N5O3. The number of carbonyl (C=O) groups is 2. The minimum Gasteiger partial charge on any atom is -0.476 e. The zero-order valence-electron chi connectivity index (χ0n) is 12.0. The van der Waals surface area contributed by atoms with Gasteiger partial charge in [0, 0.05) is 19.0 Å². The molecule has 0 fully saturated rings. The number of aromatic nitrogens is 3. The highest BCUT2D eigenvalue weighted by molar-refractivity contribution is 5.84. The Morgan fingerprint density at radius 3 is 2.65 bits per heavy atom. The molecule has 0 bridgehead atoms. The number of rotatable bonds is 6. The Morgan fingerprint density at radius 1 is 1.50 bits per heavy atom. The Kier molecular flexibility index (Phi) is 5.20. The van der Waals surface area contributed by atoms with Crippen molar-refractivity contribution >= 4 is 11.9 Å². The topological polar surface area (TPSA) is 123 Å². The first-order valence-corrected chi connectivity index (χ1v) is 6.36. The zero-order valence-corrected chi connectivity index (χ0v) is 12.0. The number of hydrogen-bond acceptors (Lipinski definition) is 5. The second-order valence-corrected chi connectivity index (χ2v) is 5.70. The molecule has 4 N–H and O–H groups in total. The van der Waals surface area contributed by atoms with Gasteiger partial charge in [-0.15, -0.1) is 5.10 Å². The van der Waals surface area contributed by atoms with Crippen molar-refractivity contribution < 1.29 is 14.7 Å². The maximum atomic E-state index is 11.7. The highest BCUT2D eigenvalue weighted by Gasteiger charge is 2.22. The van der Waals surface area contributed by atoms with Gasteiger partial charge < -0.3 is 16.2 Å². The smallest absolute Gasteiger partial charge is 0.358 e. The highest BCUT2D eigenvalue weighted by Crippen LogP contribution is 2.19. The predicted octanol–water partition coefficient (Wildman–Crippen LogP) is -0.144. The van der Waals surface area contributed by atoms with E-state index in [2.05, 4.69) is 15.6 Å². The van der Waals surface area contributed by atoms with Crippen LogP contribution in [0.15, 0.2) is 6.20 Å². The summed E-state index contributed by atoms with van der Waals surface area (Å²) in [6, 6.07) is -0.215. The zero-order chi connectivity index (χ0) is 15.3. The fourth-order valence-electron chi connectivity index (χ4n) is 1.39. The second-order valence-electron chi connectivity index (χ2n) is 5.70. The van der Waals surface area contributed by atoms with E-state index in [0.29, 0.717) is 13.1 Å². The number of aromatic carboxylic acids is 1. The molecule has 1 aromatic heterocycles. The molecule has 1 amide bonds. The molecule has 1 atom stereocenters. The highest BCUT2D eigenvalue weighted by atomic mass is 16.4. The average Bonchev–Trinajstić information content (AvgIpc) is 2.76. The molecule has 1 rings (SSSR count). The fraction of sp³-hybridized carbons (Fsp3) is 0.667. The number of nitrogens with one attached hydrogen (secondary N) is 1. The van der Waals surface area contributed by atoms with Crippen molar-refractivity contribution in [2.45, 2.75) is 39.8 Å². The summed E-state index contributed by atoms with van der Waals surface area (Å²) in [7, 11) is 0. The lowest BCUT2D eigenvalue weighted by Gasteiger charge is -2.26. The van der Waals surface area contributed by atoms with E-state index in [9.17, 15) is 9.59 Å². The first kappa shape index (κ1) is 16.1. The van der Waals surface area contributed by atoms with Crippen molar-refractivity contribution in [2.24, 2.45) is 11.1 Å². The first-order valence-electron chi connectivity index (χ1n) is 6.36. The van der Waals surface area contributed by atoms with Crippen molar-refractivity contribution in [1.29, 1.82) is 0 Å². The number of hydrogen-bond donors (Lipinski definition) is 3. The molecule has 0 saturated carbocycles. The molecular weight excluding hydrogens is 262 g/mol. The quantitative estimate of drug-likeness (QED) is 0.667. The van der Waals surface area contributed by atoms with Crippen LogP contribution in [0.2, 0.25) is 0 Å². The average molecular weight is 283 g/mol. The summed E-state index contributed by atoms with van der Waals surface area (Å²) in [4.78, 5) is 22.3. The van der Waals surface area contributed by atoms with Gasteiger partial charge in [-0.25, -0.2) is 9.48 Å². The van der Waals surface area contributed by atoms with Gasteiger partial charge in [-0.1, -0.05) is 26.0 Å². The lowest BCUT2D eigenvalue weighted by molar-refractivity contribution is -0.122. The normalized spacial score (nSPS) is 13.0. The van der Waals surface area contributed by atoms with E-state index in [1.807, 2.05) is 20.8 Å². The number of nitrogens with zero attached hydrogens (tertiary/aromatic N) is 3. The van der Waals surface area contributed by atoms with Crippen LogP contribution in [-0.2, 0) is 11.3 Å². The predicted molar refractivity (Wildman–Crippen MR) is 72.0 cm³/mol. The third kappa shape index (κ3) is 4.96. The molecule has 112 valence electrons. The van der Waals surface area contributed by atoms with Crippen molar-refractivity contribution in [3.63, 3.8) is 0 Å². The van der Waals surface area contributed by atoms with E-state index in [1.165, 1.54) is 10.9 Å². The molecule has 0 aromatic carbocycles. The summed E-state index contributed by atoms with van der Waals surface area (Å²) in [6.07, 6.45) is 1.57. The van der Waals surface area contributed by atoms with Crippen molar-refractivity contribution in [2.75, 3.05) is 6.54 Å². The molecule has 0 aliphatic rings. The van der Waals surface area contributed by atoms with Gasteiger partial charge >= 0.3 is 5.97 Å². The van der Waals surface area contributed by atoms with Gasteiger partial charge in [0.2, 0.25) is 5.91 Å². The van der Waals surface area contributed by atoms with E-state index in [-0.39, 0.29) is 29.5 Å². The van der Waals surface area contributed by atoms with Gasteiger partial charge in [0.15, 0.2) is 5.69 Å². The molecule has 1 heterocycles. The van der Waals surface area contributed by atoms with Crippen LogP contribution in [0, 0.1) is 5.41 Å². The Labute approximate surface area is 117 Å². The number of carboxylic acids is 1. The maximum absolute atomic E-state index is 11.7. The molecule has 0 aliphatic carbocycles. The van der Waals surface area contributed by atoms with E-state index in [4.69, 9.17) is 10.8 Å². The summed E-state index contributed by atoms with van der Waals surface area (Å²) < 4.78 is 1.37. The molecule has 1 unspecified atom stereocenters. The van der Waals surface area contributed by atoms with Gasteiger partial charge in [0.25, 0.3) is 0 Å². The van der Waals surface area contributed by atoms with Gasteiger partial charge in [-0.05, 0) is 5.41 Å². The van der Waals surface area contributed by atoms with Crippen LogP contribution < -0.4 is 11.1 Å². The van der Waals surface area contributed by atoms with E-state index >= 15 is 0 Å². The van der Waals surface area contributed by atoms with Gasteiger partial charge in [-0.2, -0.15) is 0 Å². The number of carbonyl (C=O) groups excluding carboxylic acids is 1. The molecule has 0 radical (unpaired) electrons. The van der Waals surface area contributed by atoms with Crippen LogP contribution in [0.25, 0.3) is 0 Å². The van der Waals surface area contributed by atoms with Crippen LogP contribution in [0.3, 0.4) is 0 Å². The molecule has 20 heavy (non-hydrogen) atoms. The van der Waals surface area contributed by atoms with Crippen LogP contribution in [0.4, 0.5) is 0 Å². The Balaban J connectivity index is 2.33. The summed E-state index contributed by atoms with van der Waals surface area (Å²) in [5.41, 5.74) is 5.67. The van der Waals surface area contributed by atoms with Crippen molar-refractivity contribution in [1.82, 2.24) is 20.3 Å². The minimum absolute atomic E-state index is 0.119. The maximum Gasteiger partial charge on any atom is 0.358 e. The second kappa shape index (κ2) is 6.47. The van der Waals surface area contributed by atoms with Crippen LogP contribution in [0.5, 0.6) is 0 Å². The first-order chi connectivity index (χ1) is 9.20. The number of nitrogens with two attached hydrogens (primary N) is 1. The summed E-state index contributed by atoms with van der Waals surface area (Å²) in [6.45, 7) is 6.64. The standard InChI is InChI=1S/C12H21N5O3/c1-12(2,3)9(13)6-10(18)14-4-5-17-7-8(11(19)20)15-16-17/h7,9H,4-6,13H2,1-3H3,(H,14,18)(H,19,20). The number of carboxylic acid groups (broad SMARTS) is 1. The molecule has 0 spiro atoms. The molecule has 0 aliphatic heterocycles. The summed E-state index contributed by atoms with van der Waals surface area (Å²) >= 11 is 0. The third-order valence-corrected chi connectivity index (χ3v) is 2.94. The van der Waals surface area contributed by atoms with Gasteiger partial charge in [0.05, 0.1) is 12.7 Å². The lowest BCUT2D eigenvalue weighted by Crippen LogP contribution is -2.40. The van der Waals surface area contributed by atoms with E-state index in [1.54, 1.807) is 0 Å². The largest absolute Gasteiger partial charge is 0.476 e. The lowest BCUT2D eigenvalue weighted by atomic mass is 9.85. The van der Waals surface area contributed by atoms with Crippen molar-refractivity contribution in [3.05, 3.63) is 11.9 Å². The molecule has 8 heteroatoms. The van der Waals surface area contributed by atoms with Gasteiger partial charge in [0.1, 0.15) is 0 Å². The fourth-order valence-corrected chi connectivity index (χ4v) is 1.39. The Hall–Kier alpha value is -1.96. The monoisotopic (exact) mass is 283 g/mol. The third-order valence-electron chi connectivity index (χ3n) is 2.94. The van der Waals surface area contributed by atoms with E-state index in [0.717, 1.165) is 0 Å². The van der Waals surface area contributed by atoms with Crippen LogP contribution >= 0.6 is 0 Å². The summed E-state index contributed by atoms with van der Waals surface area (Å²) in [5.74, 6) is -1.26. The van der Waals surface area contributed by atoms with Crippen LogP contribution in [-0.4, -0.2) is 44.6 Å². The van der Waals surface area contributed by atoms with Crippen molar-refractivity contribution in [3.8, 4) is 0 Å². The Bertz CT molecular complexity index is 478. The summed E-state index contributed by atoms with van der Waals surface area (Å²) in [5, 5.41) is 18.5. The molecule has 0 saturated heterocycles.